The summed E-state index contributed by atoms with van der Waals surface area (Å²) in [4.78, 5) is 11.2. The lowest BCUT2D eigenvalue weighted by Crippen LogP contribution is -2.13. The van der Waals surface area contributed by atoms with Gasteiger partial charge in [0.05, 0.1) is 21.3 Å². The Hall–Kier alpha value is -1.91. The maximum Gasteiger partial charge on any atom is 0.250 e. The zero-order valence-electron chi connectivity index (χ0n) is 9.78. The molecule has 0 aliphatic heterocycles. The number of hydrogen-bond acceptors (Lipinski definition) is 3. The Morgan fingerprint density at radius 2 is 1.89 bits per heavy atom. The fraction of sp³-hybridized carbons (Fsp3) is 0. The number of hydrogen-bond donors (Lipinski definition) is 3. The quantitative estimate of drug-likeness (QED) is 0.759. The number of nitrogens with one attached hydrogen (secondary N) is 1. The molecule has 0 saturated carbocycles. The minimum absolute atomic E-state index is 0.253. The average Bonchev–Trinajstić information content (AvgIpc) is 2.37. The van der Waals surface area contributed by atoms with Gasteiger partial charge in [-0.2, -0.15) is 0 Å². The van der Waals surface area contributed by atoms with Crippen LogP contribution in [0, 0.1) is 0 Å². The largest absolute Gasteiger partial charge is 0.398 e. The lowest BCUT2D eigenvalue weighted by molar-refractivity contribution is 0.100. The highest BCUT2D eigenvalue weighted by atomic mass is 35.5. The van der Waals surface area contributed by atoms with E-state index in [0.717, 1.165) is 0 Å². The first-order chi connectivity index (χ1) is 8.99. The van der Waals surface area contributed by atoms with E-state index in [0.29, 0.717) is 27.1 Å². The van der Waals surface area contributed by atoms with Gasteiger partial charge in [-0.15, -0.1) is 0 Å². The summed E-state index contributed by atoms with van der Waals surface area (Å²) in [5.74, 6) is -0.585. The standard InChI is InChI=1S/C13H11Cl2N3O/c14-9-2-1-3-11(12(9)15)18-7-4-5-10(16)8(6-7)13(17)19/h1-6,18H,16H2,(H2,17,19). The number of carbonyl (C=O) groups is 1. The smallest absolute Gasteiger partial charge is 0.250 e. The predicted molar refractivity (Wildman–Crippen MR) is 79.1 cm³/mol. The minimum Gasteiger partial charge on any atom is -0.398 e. The molecule has 2 aromatic carbocycles. The molecule has 2 rings (SSSR count). The molecule has 0 fully saturated rings. The van der Waals surface area contributed by atoms with E-state index in [9.17, 15) is 4.79 Å². The molecule has 0 saturated heterocycles. The van der Waals surface area contributed by atoms with Crippen LogP contribution >= 0.6 is 23.2 Å². The molecule has 0 heterocycles. The SMILES string of the molecule is NC(=O)c1cc(Nc2cccc(Cl)c2Cl)ccc1N. The fourth-order valence-electron chi connectivity index (χ4n) is 1.60. The van der Waals surface area contributed by atoms with Crippen LogP contribution < -0.4 is 16.8 Å². The molecular weight excluding hydrogens is 285 g/mol. The van der Waals surface area contributed by atoms with E-state index in [2.05, 4.69) is 5.32 Å². The molecule has 0 aromatic heterocycles. The zero-order chi connectivity index (χ0) is 14.0. The van der Waals surface area contributed by atoms with Crippen molar-refractivity contribution in [2.45, 2.75) is 0 Å². The van der Waals surface area contributed by atoms with E-state index in [-0.39, 0.29) is 5.56 Å². The second-order valence-corrected chi connectivity index (χ2v) is 4.68. The van der Waals surface area contributed by atoms with Crippen molar-refractivity contribution in [2.75, 3.05) is 11.1 Å². The van der Waals surface area contributed by atoms with E-state index in [1.807, 2.05) is 0 Å². The summed E-state index contributed by atoms with van der Waals surface area (Å²) in [6.45, 7) is 0. The molecule has 98 valence electrons. The van der Waals surface area contributed by atoms with Crippen LogP contribution in [0.2, 0.25) is 10.0 Å². The Morgan fingerprint density at radius 1 is 1.16 bits per heavy atom. The van der Waals surface area contributed by atoms with Crippen molar-refractivity contribution >= 4 is 46.2 Å². The van der Waals surface area contributed by atoms with Crippen molar-refractivity contribution in [3.8, 4) is 0 Å². The molecular formula is C13H11Cl2N3O. The average molecular weight is 296 g/mol. The van der Waals surface area contributed by atoms with Gasteiger partial charge in [0.15, 0.2) is 0 Å². The molecule has 0 atom stereocenters. The highest BCUT2D eigenvalue weighted by Crippen LogP contribution is 2.32. The summed E-state index contributed by atoms with van der Waals surface area (Å²) in [7, 11) is 0. The van der Waals surface area contributed by atoms with Crippen LogP contribution in [0.25, 0.3) is 0 Å². The number of amides is 1. The molecule has 4 nitrogen and oxygen atoms in total. The second-order valence-electron chi connectivity index (χ2n) is 3.89. The Kier molecular flexibility index (Phi) is 3.83. The third-order valence-corrected chi connectivity index (χ3v) is 3.37. The van der Waals surface area contributed by atoms with Gasteiger partial charge in [-0.1, -0.05) is 29.3 Å². The molecule has 0 bridgehead atoms. The summed E-state index contributed by atoms with van der Waals surface area (Å²) in [5.41, 5.74) is 12.8. The second kappa shape index (κ2) is 5.38. The molecule has 0 spiro atoms. The Bertz CT molecular complexity index is 644. The highest BCUT2D eigenvalue weighted by Gasteiger charge is 2.09. The summed E-state index contributed by atoms with van der Waals surface area (Å²) in [5, 5.41) is 3.90. The molecule has 0 radical (unpaired) electrons. The van der Waals surface area contributed by atoms with Gasteiger partial charge in [-0.25, -0.2) is 0 Å². The molecule has 6 heteroatoms. The molecule has 0 aliphatic carbocycles. The van der Waals surface area contributed by atoms with E-state index in [4.69, 9.17) is 34.7 Å². The zero-order valence-corrected chi connectivity index (χ0v) is 11.3. The van der Waals surface area contributed by atoms with Gasteiger partial charge in [0, 0.05) is 11.4 Å². The maximum atomic E-state index is 11.2. The monoisotopic (exact) mass is 295 g/mol. The van der Waals surface area contributed by atoms with Gasteiger partial charge in [0.25, 0.3) is 5.91 Å². The Labute approximate surface area is 120 Å². The van der Waals surface area contributed by atoms with Crippen molar-refractivity contribution in [3.05, 3.63) is 52.0 Å². The van der Waals surface area contributed by atoms with Crippen LogP contribution in [0.1, 0.15) is 10.4 Å². The van der Waals surface area contributed by atoms with Gasteiger partial charge in [-0.05, 0) is 30.3 Å². The van der Waals surface area contributed by atoms with Crippen LogP contribution in [0.15, 0.2) is 36.4 Å². The molecule has 0 aliphatic rings. The van der Waals surface area contributed by atoms with Crippen LogP contribution in [0.5, 0.6) is 0 Å². The number of primary amides is 1. The number of rotatable bonds is 3. The number of benzene rings is 2. The highest BCUT2D eigenvalue weighted by molar-refractivity contribution is 6.43. The third kappa shape index (κ3) is 2.92. The molecule has 0 unspecified atom stereocenters. The predicted octanol–water partition coefficient (Wildman–Crippen LogP) is 3.42. The summed E-state index contributed by atoms with van der Waals surface area (Å²) < 4.78 is 0. The number of nitrogens with two attached hydrogens (primary N) is 2. The van der Waals surface area contributed by atoms with Crippen molar-refractivity contribution in [1.82, 2.24) is 0 Å². The number of carbonyl (C=O) groups excluding carboxylic acids is 1. The minimum atomic E-state index is -0.585. The molecule has 5 N–H and O–H groups in total. The number of halogens is 2. The molecule has 19 heavy (non-hydrogen) atoms. The van der Waals surface area contributed by atoms with E-state index >= 15 is 0 Å². The summed E-state index contributed by atoms with van der Waals surface area (Å²) >= 11 is 12.0. The van der Waals surface area contributed by atoms with Gasteiger partial charge in [-0.3, -0.25) is 4.79 Å². The lowest BCUT2D eigenvalue weighted by atomic mass is 10.1. The van der Waals surface area contributed by atoms with Crippen LogP contribution in [0.3, 0.4) is 0 Å². The topological polar surface area (TPSA) is 81.1 Å². The molecule has 2 aromatic rings. The van der Waals surface area contributed by atoms with E-state index < -0.39 is 5.91 Å². The first-order valence-corrected chi connectivity index (χ1v) is 6.15. The first-order valence-electron chi connectivity index (χ1n) is 5.39. The summed E-state index contributed by atoms with van der Waals surface area (Å²) in [6.07, 6.45) is 0. The first kappa shape index (κ1) is 13.5. The van der Waals surface area contributed by atoms with Crippen molar-refractivity contribution in [3.63, 3.8) is 0 Å². The number of anilines is 3. The Morgan fingerprint density at radius 3 is 2.58 bits per heavy atom. The normalized spacial score (nSPS) is 10.2. The lowest BCUT2D eigenvalue weighted by Gasteiger charge is -2.11. The summed E-state index contributed by atoms with van der Waals surface area (Å²) in [6, 6.07) is 10.1. The molecule has 1 amide bonds. The fourth-order valence-corrected chi connectivity index (χ4v) is 1.95. The van der Waals surface area contributed by atoms with Gasteiger partial charge in [0.2, 0.25) is 0 Å². The van der Waals surface area contributed by atoms with Crippen LogP contribution in [0.4, 0.5) is 17.1 Å². The van der Waals surface area contributed by atoms with Gasteiger partial charge < -0.3 is 16.8 Å². The van der Waals surface area contributed by atoms with Crippen LogP contribution in [-0.2, 0) is 0 Å². The van der Waals surface area contributed by atoms with Crippen molar-refractivity contribution < 1.29 is 4.79 Å². The van der Waals surface area contributed by atoms with Gasteiger partial charge >= 0.3 is 0 Å². The number of nitrogen functional groups attached to an aromatic ring is 1. The van der Waals surface area contributed by atoms with Gasteiger partial charge in [0.1, 0.15) is 0 Å². The Balaban J connectivity index is 2.36. The van der Waals surface area contributed by atoms with E-state index in [1.165, 1.54) is 0 Å². The van der Waals surface area contributed by atoms with Crippen LogP contribution in [-0.4, -0.2) is 5.91 Å². The van der Waals surface area contributed by atoms with E-state index in [1.54, 1.807) is 36.4 Å². The third-order valence-electron chi connectivity index (χ3n) is 2.55. The maximum absolute atomic E-state index is 11.2. The van der Waals surface area contributed by atoms with Crippen molar-refractivity contribution in [1.29, 1.82) is 0 Å². The van der Waals surface area contributed by atoms with Crippen molar-refractivity contribution in [2.24, 2.45) is 5.73 Å².